The van der Waals surface area contributed by atoms with E-state index in [1.165, 1.54) is 0 Å². The molecule has 1 atom stereocenters. The van der Waals surface area contributed by atoms with Gasteiger partial charge < -0.3 is 14.9 Å². The molecular weight excluding hydrogens is 252 g/mol. The Hall–Kier alpha value is -1.26. The molecule has 0 radical (unpaired) electrons. The molecule has 1 N–H and O–H groups in total. The van der Waals surface area contributed by atoms with Gasteiger partial charge in [-0.3, -0.25) is 0 Å². The molecule has 2 rings (SSSR count). The van der Waals surface area contributed by atoms with Crippen LogP contribution >= 0.6 is 11.6 Å². The van der Waals surface area contributed by atoms with Crippen LogP contribution < -0.4 is 4.90 Å². The number of anilines is 1. The summed E-state index contributed by atoms with van der Waals surface area (Å²) in [5.74, 6) is -0.971. The quantitative estimate of drug-likeness (QED) is 0.893. The fourth-order valence-electron chi connectivity index (χ4n) is 2.46. The van der Waals surface area contributed by atoms with E-state index in [0.717, 1.165) is 25.3 Å². The second-order valence-electron chi connectivity index (χ2n) is 4.74. The zero-order valence-electron chi connectivity index (χ0n) is 10.6. The summed E-state index contributed by atoms with van der Waals surface area (Å²) in [6, 6.07) is 5.53. The van der Waals surface area contributed by atoms with Crippen LogP contribution in [0.15, 0.2) is 18.2 Å². The molecule has 0 amide bonds. The monoisotopic (exact) mass is 268 g/mol. The minimum atomic E-state index is -0.971. The van der Waals surface area contributed by atoms with Crippen LogP contribution in [0.2, 0.25) is 5.02 Å². The SMILES string of the molecule is CC1CN(C)CCN1c1cccc(Cl)c1C(=O)O. The van der Waals surface area contributed by atoms with Gasteiger partial charge in [-0.2, -0.15) is 0 Å². The normalized spacial score (nSPS) is 21.1. The van der Waals surface area contributed by atoms with Crippen LogP contribution in [0.4, 0.5) is 5.69 Å². The summed E-state index contributed by atoms with van der Waals surface area (Å²) in [6.45, 7) is 4.77. The molecule has 0 saturated carbocycles. The van der Waals surface area contributed by atoms with Gasteiger partial charge in [-0.15, -0.1) is 0 Å². The summed E-state index contributed by atoms with van der Waals surface area (Å²) in [4.78, 5) is 15.7. The zero-order chi connectivity index (χ0) is 13.3. The second kappa shape index (κ2) is 5.16. The number of benzene rings is 1. The van der Waals surface area contributed by atoms with Crippen molar-refractivity contribution in [2.24, 2.45) is 0 Å². The number of hydrogen-bond donors (Lipinski definition) is 1. The maximum absolute atomic E-state index is 11.3. The minimum absolute atomic E-state index is 0.204. The van der Waals surface area contributed by atoms with Crippen molar-refractivity contribution in [2.75, 3.05) is 31.6 Å². The van der Waals surface area contributed by atoms with E-state index < -0.39 is 5.97 Å². The molecule has 1 aliphatic heterocycles. The van der Waals surface area contributed by atoms with Crippen molar-refractivity contribution < 1.29 is 9.90 Å². The highest BCUT2D eigenvalue weighted by atomic mass is 35.5. The van der Waals surface area contributed by atoms with Crippen molar-refractivity contribution in [3.8, 4) is 0 Å². The number of aromatic carboxylic acids is 1. The Labute approximate surface area is 112 Å². The van der Waals surface area contributed by atoms with Gasteiger partial charge in [0.05, 0.1) is 10.7 Å². The summed E-state index contributed by atoms with van der Waals surface area (Å²) >= 11 is 6.00. The standard InChI is InChI=1S/C13H17ClN2O2/c1-9-8-15(2)6-7-16(9)11-5-3-4-10(14)12(11)13(17)18/h3-5,9H,6-8H2,1-2H3,(H,17,18). The highest BCUT2D eigenvalue weighted by Gasteiger charge is 2.26. The summed E-state index contributed by atoms with van der Waals surface area (Å²) in [5, 5.41) is 9.59. The van der Waals surface area contributed by atoms with Gasteiger partial charge in [-0.25, -0.2) is 4.79 Å². The van der Waals surface area contributed by atoms with Gasteiger partial charge in [0.15, 0.2) is 0 Å². The van der Waals surface area contributed by atoms with Gasteiger partial charge in [0, 0.05) is 25.7 Å². The zero-order valence-corrected chi connectivity index (χ0v) is 11.3. The van der Waals surface area contributed by atoms with Gasteiger partial charge >= 0.3 is 5.97 Å². The lowest BCUT2D eigenvalue weighted by molar-refractivity contribution is 0.0697. The Morgan fingerprint density at radius 3 is 2.78 bits per heavy atom. The average molecular weight is 269 g/mol. The Balaban J connectivity index is 2.39. The molecule has 1 aromatic carbocycles. The molecule has 0 spiro atoms. The number of carbonyl (C=O) groups is 1. The summed E-state index contributed by atoms with van der Waals surface area (Å²) < 4.78 is 0. The average Bonchev–Trinajstić information content (AvgIpc) is 2.28. The van der Waals surface area contributed by atoms with E-state index in [2.05, 4.69) is 23.8 Å². The molecule has 0 bridgehead atoms. The highest BCUT2D eigenvalue weighted by molar-refractivity contribution is 6.34. The van der Waals surface area contributed by atoms with Crippen molar-refractivity contribution in [3.63, 3.8) is 0 Å². The number of rotatable bonds is 2. The molecule has 0 aliphatic carbocycles. The first kappa shape index (κ1) is 13.2. The van der Waals surface area contributed by atoms with Gasteiger partial charge in [0.25, 0.3) is 0 Å². The first-order valence-corrected chi connectivity index (χ1v) is 6.35. The van der Waals surface area contributed by atoms with E-state index in [1.54, 1.807) is 12.1 Å². The van der Waals surface area contributed by atoms with Crippen LogP contribution in [-0.4, -0.2) is 48.7 Å². The molecule has 1 unspecified atom stereocenters. The van der Waals surface area contributed by atoms with E-state index in [4.69, 9.17) is 11.6 Å². The molecule has 1 heterocycles. The number of nitrogens with zero attached hydrogens (tertiary/aromatic N) is 2. The fourth-order valence-corrected chi connectivity index (χ4v) is 2.71. The van der Waals surface area contributed by atoms with Crippen LogP contribution in [-0.2, 0) is 0 Å². The molecule has 1 fully saturated rings. The second-order valence-corrected chi connectivity index (χ2v) is 5.15. The van der Waals surface area contributed by atoms with Crippen molar-refractivity contribution >= 4 is 23.3 Å². The Bertz CT molecular complexity index is 464. The number of likely N-dealkylation sites (N-methyl/N-ethyl adjacent to an activating group) is 1. The van der Waals surface area contributed by atoms with Crippen LogP contribution in [0.3, 0.4) is 0 Å². The third-order valence-electron chi connectivity index (χ3n) is 3.35. The van der Waals surface area contributed by atoms with Gasteiger partial charge in [0.2, 0.25) is 0 Å². The molecule has 5 heteroatoms. The van der Waals surface area contributed by atoms with Crippen molar-refractivity contribution in [3.05, 3.63) is 28.8 Å². The Morgan fingerprint density at radius 1 is 1.44 bits per heavy atom. The molecule has 4 nitrogen and oxygen atoms in total. The van der Waals surface area contributed by atoms with E-state index in [9.17, 15) is 9.90 Å². The lowest BCUT2D eigenvalue weighted by Crippen LogP contribution is -2.51. The molecule has 18 heavy (non-hydrogen) atoms. The summed E-state index contributed by atoms with van der Waals surface area (Å²) in [5.41, 5.74) is 0.922. The number of carboxylic acids is 1. The molecule has 98 valence electrons. The number of hydrogen-bond acceptors (Lipinski definition) is 3. The van der Waals surface area contributed by atoms with E-state index in [0.29, 0.717) is 5.02 Å². The van der Waals surface area contributed by atoms with Crippen molar-refractivity contribution in [1.82, 2.24) is 4.90 Å². The first-order valence-electron chi connectivity index (χ1n) is 5.97. The molecule has 1 saturated heterocycles. The maximum atomic E-state index is 11.3. The van der Waals surface area contributed by atoms with E-state index >= 15 is 0 Å². The lowest BCUT2D eigenvalue weighted by Gasteiger charge is -2.40. The summed E-state index contributed by atoms with van der Waals surface area (Å²) in [7, 11) is 2.07. The predicted octanol–water partition coefficient (Wildman–Crippen LogP) is 2.18. The Kier molecular flexibility index (Phi) is 3.78. The maximum Gasteiger partial charge on any atom is 0.339 e. The van der Waals surface area contributed by atoms with Crippen LogP contribution in [0.5, 0.6) is 0 Å². The van der Waals surface area contributed by atoms with E-state index in [-0.39, 0.29) is 11.6 Å². The lowest BCUT2D eigenvalue weighted by atomic mass is 10.1. The Morgan fingerprint density at radius 2 is 2.17 bits per heavy atom. The third-order valence-corrected chi connectivity index (χ3v) is 3.66. The van der Waals surface area contributed by atoms with E-state index in [1.807, 2.05) is 6.07 Å². The number of carboxylic acid groups (broad SMARTS) is 1. The van der Waals surface area contributed by atoms with Crippen LogP contribution in [0, 0.1) is 0 Å². The van der Waals surface area contributed by atoms with Crippen LogP contribution in [0.1, 0.15) is 17.3 Å². The van der Waals surface area contributed by atoms with Gasteiger partial charge in [0.1, 0.15) is 5.56 Å². The minimum Gasteiger partial charge on any atom is -0.478 e. The third kappa shape index (κ3) is 2.44. The summed E-state index contributed by atoms with van der Waals surface area (Å²) in [6.07, 6.45) is 0. The smallest absolute Gasteiger partial charge is 0.339 e. The van der Waals surface area contributed by atoms with Crippen molar-refractivity contribution in [1.29, 1.82) is 0 Å². The van der Waals surface area contributed by atoms with Crippen molar-refractivity contribution in [2.45, 2.75) is 13.0 Å². The highest BCUT2D eigenvalue weighted by Crippen LogP contribution is 2.30. The van der Waals surface area contributed by atoms with Crippen LogP contribution in [0.25, 0.3) is 0 Å². The molecule has 0 aromatic heterocycles. The number of halogens is 1. The largest absolute Gasteiger partial charge is 0.478 e. The predicted molar refractivity (Wildman–Crippen MR) is 72.7 cm³/mol. The fraction of sp³-hybridized carbons (Fsp3) is 0.462. The molecule has 1 aliphatic rings. The molecular formula is C13H17ClN2O2. The first-order chi connectivity index (χ1) is 8.50. The van der Waals surface area contributed by atoms with Gasteiger partial charge in [-0.05, 0) is 26.1 Å². The number of piperazine rings is 1. The molecule has 1 aromatic rings. The van der Waals surface area contributed by atoms with Gasteiger partial charge in [-0.1, -0.05) is 17.7 Å². The topological polar surface area (TPSA) is 43.8 Å².